The Balaban J connectivity index is 2.27. The number of fused-ring (bicyclic) bond motifs is 2. The molecule has 0 radical (unpaired) electrons. The fraction of sp³-hybridized carbons (Fsp3) is 0.500. The molecule has 0 amide bonds. The Morgan fingerprint density at radius 3 is 2.58 bits per heavy atom. The number of allylic oxidation sites excluding steroid dienone is 2. The Labute approximate surface area is 71.9 Å². The van der Waals surface area contributed by atoms with Gasteiger partial charge in [0.1, 0.15) is 6.29 Å². The maximum absolute atomic E-state index is 10.7. The SMILES string of the molecule is C[C@H]1[C@@H](C=O)[C@@H]2C=CC=C[C@H]1O2. The molecule has 64 valence electrons. The number of aldehydes is 1. The zero-order valence-corrected chi connectivity index (χ0v) is 7.01. The second-order valence-electron chi connectivity index (χ2n) is 3.41. The standard InChI is InChI=1S/C10H12O2/c1-7-8(6-11)10-5-3-2-4-9(7)12-10/h2-10H,1H3/t7-,8+,9+,10-/m0/s1. The minimum Gasteiger partial charge on any atom is -0.366 e. The van der Waals surface area contributed by atoms with Crippen LogP contribution in [-0.2, 0) is 9.53 Å². The maximum Gasteiger partial charge on any atom is 0.126 e. The first kappa shape index (κ1) is 7.74. The Hall–Kier alpha value is -0.890. The molecule has 1 saturated heterocycles. The van der Waals surface area contributed by atoms with E-state index in [0.717, 1.165) is 6.29 Å². The van der Waals surface area contributed by atoms with Crippen LogP contribution in [0.1, 0.15) is 6.92 Å². The van der Waals surface area contributed by atoms with Crippen molar-refractivity contribution in [1.82, 2.24) is 0 Å². The summed E-state index contributed by atoms with van der Waals surface area (Å²) in [6.07, 6.45) is 9.05. The molecule has 2 heteroatoms. The molecule has 0 aromatic rings. The molecular formula is C10H12O2. The highest BCUT2D eigenvalue weighted by molar-refractivity contribution is 5.57. The zero-order valence-electron chi connectivity index (χ0n) is 7.01. The van der Waals surface area contributed by atoms with Gasteiger partial charge in [-0.15, -0.1) is 0 Å². The third-order valence-corrected chi connectivity index (χ3v) is 2.69. The molecule has 2 aliphatic heterocycles. The normalized spacial score (nSPS) is 44.4. The van der Waals surface area contributed by atoms with Crippen LogP contribution in [0.25, 0.3) is 0 Å². The van der Waals surface area contributed by atoms with Crippen molar-refractivity contribution in [2.75, 3.05) is 0 Å². The van der Waals surface area contributed by atoms with Gasteiger partial charge < -0.3 is 9.53 Å². The van der Waals surface area contributed by atoms with Crippen LogP contribution in [0.4, 0.5) is 0 Å². The molecule has 2 rings (SSSR count). The summed E-state index contributed by atoms with van der Waals surface area (Å²) in [5.74, 6) is 0.352. The van der Waals surface area contributed by atoms with E-state index >= 15 is 0 Å². The van der Waals surface area contributed by atoms with Crippen LogP contribution in [0.2, 0.25) is 0 Å². The van der Waals surface area contributed by atoms with Crippen molar-refractivity contribution < 1.29 is 9.53 Å². The minimum atomic E-state index is -0.00231. The highest BCUT2D eigenvalue weighted by Crippen LogP contribution is 2.33. The summed E-state index contributed by atoms with van der Waals surface area (Å²) in [5.41, 5.74) is 0. The molecule has 4 atom stereocenters. The van der Waals surface area contributed by atoms with E-state index in [1.165, 1.54) is 0 Å². The molecule has 0 N–H and O–H groups in total. The quantitative estimate of drug-likeness (QED) is 0.546. The molecule has 0 aliphatic carbocycles. The van der Waals surface area contributed by atoms with Gasteiger partial charge in [-0.25, -0.2) is 0 Å². The van der Waals surface area contributed by atoms with Gasteiger partial charge >= 0.3 is 0 Å². The molecule has 0 spiro atoms. The maximum atomic E-state index is 10.7. The van der Waals surface area contributed by atoms with Crippen molar-refractivity contribution in [2.24, 2.45) is 11.8 Å². The molecule has 0 unspecified atom stereocenters. The average Bonchev–Trinajstić information content (AvgIpc) is 2.25. The van der Waals surface area contributed by atoms with E-state index in [0.29, 0.717) is 5.92 Å². The van der Waals surface area contributed by atoms with Gasteiger partial charge in [0.2, 0.25) is 0 Å². The monoisotopic (exact) mass is 164 g/mol. The van der Waals surface area contributed by atoms with E-state index < -0.39 is 0 Å². The second-order valence-corrected chi connectivity index (χ2v) is 3.41. The lowest BCUT2D eigenvalue weighted by Gasteiger charge is -2.11. The summed E-state index contributed by atoms with van der Waals surface area (Å²) in [5, 5.41) is 0. The van der Waals surface area contributed by atoms with E-state index in [4.69, 9.17) is 4.74 Å². The van der Waals surface area contributed by atoms with Crippen LogP contribution in [-0.4, -0.2) is 18.5 Å². The highest BCUT2D eigenvalue weighted by atomic mass is 16.5. The molecule has 2 bridgehead atoms. The van der Waals surface area contributed by atoms with Crippen LogP contribution in [0.15, 0.2) is 24.3 Å². The number of hydrogen-bond donors (Lipinski definition) is 0. The number of ether oxygens (including phenoxy) is 1. The van der Waals surface area contributed by atoms with Gasteiger partial charge in [0.05, 0.1) is 12.2 Å². The van der Waals surface area contributed by atoms with E-state index in [1.54, 1.807) is 0 Å². The zero-order chi connectivity index (χ0) is 8.55. The fourth-order valence-electron chi connectivity index (χ4n) is 1.86. The summed E-state index contributed by atoms with van der Waals surface area (Å²) in [6, 6.07) is 0. The largest absolute Gasteiger partial charge is 0.366 e. The van der Waals surface area contributed by atoms with E-state index in [9.17, 15) is 4.79 Å². The summed E-state index contributed by atoms with van der Waals surface area (Å²) in [7, 11) is 0. The van der Waals surface area contributed by atoms with Crippen molar-refractivity contribution in [3.63, 3.8) is 0 Å². The summed E-state index contributed by atoms with van der Waals surface area (Å²) in [6.45, 7) is 2.06. The average molecular weight is 164 g/mol. The number of hydrogen-bond acceptors (Lipinski definition) is 2. The van der Waals surface area contributed by atoms with Crippen molar-refractivity contribution >= 4 is 6.29 Å². The first-order valence-corrected chi connectivity index (χ1v) is 4.28. The van der Waals surface area contributed by atoms with Gasteiger partial charge in [-0.1, -0.05) is 31.2 Å². The molecule has 1 fully saturated rings. The van der Waals surface area contributed by atoms with E-state index in [2.05, 4.69) is 6.92 Å². The van der Waals surface area contributed by atoms with Gasteiger partial charge in [-0.05, 0) is 5.92 Å². The molecule has 12 heavy (non-hydrogen) atoms. The lowest BCUT2D eigenvalue weighted by Crippen LogP contribution is -2.19. The summed E-state index contributed by atoms with van der Waals surface area (Å²) < 4.78 is 5.63. The second kappa shape index (κ2) is 2.87. The van der Waals surface area contributed by atoms with E-state index in [1.807, 2.05) is 24.3 Å². The van der Waals surface area contributed by atoms with Gasteiger partial charge in [0.15, 0.2) is 0 Å². The van der Waals surface area contributed by atoms with Gasteiger partial charge in [0, 0.05) is 5.92 Å². The topological polar surface area (TPSA) is 26.3 Å². The number of rotatable bonds is 1. The Morgan fingerprint density at radius 1 is 1.25 bits per heavy atom. The smallest absolute Gasteiger partial charge is 0.126 e. The first-order chi connectivity index (χ1) is 5.83. The fourth-order valence-corrected chi connectivity index (χ4v) is 1.86. The van der Waals surface area contributed by atoms with Gasteiger partial charge in [-0.3, -0.25) is 0 Å². The van der Waals surface area contributed by atoms with E-state index in [-0.39, 0.29) is 18.1 Å². The number of carbonyl (C=O) groups excluding carboxylic acids is 1. The molecule has 2 aliphatic rings. The lowest BCUT2D eigenvalue weighted by molar-refractivity contribution is -0.112. The van der Waals surface area contributed by atoms with Crippen LogP contribution in [0, 0.1) is 11.8 Å². The molecule has 0 aromatic carbocycles. The van der Waals surface area contributed by atoms with Crippen molar-refractivity contribution in [3.8, 4) is 0 Å². The van der Waals surface area contributed by atoms with Crippen LogP contribution >= 0.6 is 0 Å². The molecular weight excluding hydrogens is 152 g/mol. The third-order valence-electron chi connectivity index (χ3n) is 2.69. The predicted octanol–water partition coefficient (Wildman–Crippen LogP) is 1.33. The van der Waals surface area contributed by atoms with Crippen molar-refractivity contribution in [2.45, 2.75) is 19.1 Å². The molecule has 0 saturated carbocycles. The Bertz CT molecular complexity index is 242. The third kappa shape index (κ3) is 1.03. The lowest BCUT2D eigenvalue weighted by atomic mass is 9.88. The van der Waals surface area contributed by atoms with Crippen LogP contribution in [0.5, 0.6) is 0 Å². The first-order valence-electron chi connectivity index (χ1n) is 4.28. The van der Waals surface area contributed by atoms with Crippen molar-refractivity contribution in [3.05, 3.63) is 24.3 Å². The summed E-state index contributed by atoms with van der Waals surface area (Å²) in [4.78, 5) is 10.7. The summed E-state index contributed by atoms with van der Waals surface area (Å²) >= 11 is 0. The Kier molecular flexibility index (Phi) is 1.85. The number of carbonyl (C=O) groups is 1. The Morgan fingerprint density at radius 2 is 1.92 bits per heavy atom. The van der Waals surface area contributed by atoms with Crippen LogP contribution < -0.4 is 0 Å². The van der Waals surface area contributed by atoms with Gasteiger partial charge in [-0.2, -0.15) is 0 Å². The van der Waals surface area contributed by atoms with Gasteiger partial charge in [0.25, 0.3) is 0 Å². The molecule has 0 aromatic heterocycles. The molecule has 2 nitrogen and oxygen atoms in total. The minimum absolute atomic E-state index is 0.00231. The van der Waals surface area contributed by atoms with Crippen molar-refractivity contribution in [1.29, 1.82) is 0 Å². The van der Waals surface area contributed by atoms with Crippen LogP contribution in [0.3, 0.4) is 0 Å². The molecule has 2 heterocycles. The highest BCUT2D eigenvalue weighted by Gasteiger charge is 2.39. The predicted molar refractivity (Wildman–Crippen MR) is 45.7 cm³/mol.